The van der Waals surface area contributed by atoms with E-state index in [2.05, 4.69) is 40.7 Å². The molecule has 1 aliphatic carbocycles. The molecule has 20 atom stereocenters. The summed E-state index contributed by atoms with van der Waals surface area (Å²) in [7, 11) is 3.23. The number of methoxy groups -OCH3 is 2. The minimum atomic E-state index is -1.82. The predicted molar refractivity (Wildman–Crippen MR) is 227 cm³/mol. The molecule has 1 spiro atoms. The fourth-order valence-electron chi connectivity index (χ4n) is 11.0. The van der Waals surface area contributed by atoms with Crippen molar-refractivity contribution in [3.63, 3.8) is 0 Å². The van der Waals surface area contributed by atoms with Gasteiger partial charge >= 0.3 is 5.97 Å². The SMILES string of the molecule is CC[C@H](C)C1O[C@]2(CC[C@@H]1C)C[C@@H]1C[C@@H](C/C=C(\C)[C@@H](O[C@H]3C[C@H](OC)[C@@H](O[C@H]4C[C@H](OC)[C@@H](O)[C@H](C)O4)[C@H](C)O3)[C@@H](C)/C=C/C=C3\CO[C@@H]4[C@H](O)C(C)=C[C@@H](C(=O)O1)[C@]34O)O2. The molecule has 0 amide bonds. The number of hydrogen-bond donors (Lipinski definition) is 3. The Bertz CT molecular complexity index is 1680. The summed E-state index contributed by atoms with van der Waals surface area (Å²) in [4.78, 5) is 14.4. The minimum Gasteiger partial charge on any atom is -0.462 e. The zero-order chi connectivity index (χ0) is 44.7. The Labute approximate surface area is 368 Å². The first-order valence-corrected chi connectivity index (χ1v) is 23.2. The Hall–Kier alpha value is -2.05. The van der Waals surface area contributed by atoms with E-state index in [9.17, 15) is 20.1 Å². The van der Waals surface area contributed by atoms with Gasteiger partial charge in [0.1, 0.15) is 42.0 Å². The van der Waals surface area contributed by atoms with Crippen LogP contribution >= 0.6 is 0 Å². The molecule has 62 heavy (non-hydrogen) atoms. The number of hydrogen-bond acceptors (Lipinski definition) is 14. The Morgan fingerprint density at radius 3 is 2.35 bits per heavy atom. The number of fused-ring (bicyclic) bond motifs is 2. The molecule has 2 bridgehead atoms. The van der Waals surface area contributed by atoms with E-state index in [0.29, 0.717) is 61.5 Å². The van der Waals surface area contributed by atoms with Crippen LogP contribution in [-0.4, -0.2) is 139 Å². The lowest BCUT2D eigenvalue weighted by Gasteiger charge is -2.51. The highest BCUT2D eigenvalue weighted by atomic mass is 16.7. The molecule has 14 heteroatoms. The smallest absolute Gasteiger partial charge is 0.316 e. The molecule has 5 fully saturated rings. The van der Waals surface area contributed by atoms with Crippen LogP contribution in [0.4, 0.5) is 0 Å². The summed E-state index contributed by atoms with van der Waals surface area (Å²) < 4.78 is 63.9. The molecular formula is C48H74O14. The van der Waals surface area contributed by atoms with Gasteiger partial charge in [0.15, 0.2) is 18.4 Å². The third-order valence-corrected chi connectivity index (χ3v) is 14.9. The number of esters is 1. The third-order valence-electron chi connectivity index (χ3n) is 14.9. The number of ether oxygens (including phenoxy) is 10. The van der Waals surface area contributed by atoms with Gasteiger partial charge in [0.05, 0.1) is 49.3 Å². The molecule has 0 aromatic rings. The molecule has 7 aliphatic rings. The summed E-state index contributed by atoms with van der Waals surface area (Å²) in [6, 6.07) is 0. The highest BCUT2D eigenvalue weighted by Gasteiger charge is 2.60. The standard InChI is InChI=1S/C48H74O14/c1-11-25(2)43-28(5)17-18-47(62-43)23-34-20-33(61-47)16-15-27(4)42(26(3)13-12-14-32-24-55-45-40(49)29(6)19-35(46(51)58-34)48(32,45)52)59-39-22-37(54-10)44(31(8)57-39)60-38-21-36(53-9)41(50)30(7)56-38/h12-15,19,25-26,28,30-31,33-45,49-50,52H,11,16-18,20-24H2,1-10H3/b13-12+,27-15+,32-14+/t25-,26-,28-,30-,31-,33+,34-,35-,36-,37-,38-,39-,40+,41-,42-,43?,44-,45+,47+,48+/m0/s1. The van der Waals surface area contributed by atoms with Crippen LogP contribution in [0.5, 0.6) is 0 Å². The number of allylic oxidation sites excluding steroid dienone is 2. The summed E-state index contributed by atoms with van der Waals surface area (Å²) in [5, 5.41) is 34.2. The fraction of sp³-hybridized carbons (Fsp3) is 0.812. The maximum absolute atomic E-state index is 14.4. The highest BCUT2D eigenvalue weighted by Crippen LogP contribution is 2.48. The Balaban J connectivity index is 1.18. The average Bonchev–Trinajstić information content (AvgIpc) is 3.58. The van der Waals surface area contributed by atoms with Crippen molar-refractivity contribution in [3.05, 3.63) is 47.1 Å². The maximum Gasteiger partial charge on any atom is 0.316 e. The Morgan fingerprint density at radius 2 is 1.63 bits per heavy atom. The van der Waals surface area contributed by atoms with Crippen molar-refractivity contribution in [3.8, 4) is 0 Å². The number of aliphatic hydroxyl groups excluding tert-OH is 2. The van der Waals surface area contributed by atoms with Gasteiger partial charge in [-0.1, -0.05) is 64.5 Å². The predicted octanol–water partition coefficient (Wildman–Crippen LogP) is 5.60. The van der Waals surface area contributed by atoms with E-state index in [1.807, 2.05) is 19.1 Å². The van der Waals surface area contributed by atoms with Gasteiger partial charge in [0, 0.05) is 52.2 Å². The van der Waals surface area contributed by atoms with Crippen LogP contribution in [0.15, 0.2) is 47.1 Å². The lowest BCUT2D eigenvalue weighted by Crippen LogP contribution is -2.58. The monoisotopic (exact) mass is 875 g/mol. The second-order valence-corrected chi connectivity index (χ2v) is 19.4. The largest absolute Gasteiger partial charge is 0.462 e. The van der Waals surface area contributed by atoms with E-state index < -0.39 is 90.8 Å². The first-order valence-electron chi connectivity index (χ1n) is 23.2. The summed E-state index contributed by atoms with van der Waals surface area (Å²) in [5.74, 6) is -2.10. The molecule has 0 aromatic carbocycles. The van der Waals surface area contributed by atoms with Gasteiger partial charge in [-0.05, 0) is 69.1 Å². The Kier molecular flexibility index (Phi) is 15.3. The second-order valence-electron chi connectivity index (χ2n) is 19.4. The van der Waals surface area contributed by atoms with Crippen molar-refractivity contribution in [1.82, 2.24) is 0 Å². The van der Waals surface area contributed by atoms with Gasteiger partial charge in [-0.2, -0.15) is 0 Å². The summed E-state index contributed by atoms with van der Waals surface area (Å²) in [5.41, 5.74) is 0.188. The fourth-order valence-corrected chi connectivity index (χ4v) is 11.0. The van der Waals surface area contributed by atoms with Crippen LogP contribution in [0.25, 0.3) is 0 Å². The number of carbonyl (C=O) groups is 1. The summed E-state index contributed by atoms with van der Waals surface area (Å²) >= 11 is 0. The van der Waals surface area contributed by atoms with Crippen LogP contribution in [0.1, 0.15) is 107 Å². The molecule has 0 aromatic heterocycles. The normalized spacial score (nSPS) is 49.4. The van der Waals surface area contributed by atoms with E-state index in [0.717, 1.165) is 18.4 Å². The Morgan fingerprint density at radius 1 is 0.919 bits per heavy atom. The molecule has 0 saturated carbocycles. The van der Waals surface area contributed by atoms with Gasteiger partial charge in [-0.25, -0.2) is 0 Å². The molecule has 14 nitrogen and oxygen atoms in total. The van der Waals surface area contributed by atoms with Crippen LogP contribution in [0.2, 0.25) is 0 Å². The lowest BCUT2D eigenvalue weighted by atomic mass is 9.71. The van der Waals surface area contributed by atoms with E-state index >= 15 is 0 Å². The van der Waals surface area contributed by atoms with Gasteiger partial charge in [0.2, 0.25) is 0 Å². The third kappa shape index (κ3) is 9.73. The van der Waals surface area contributed by atoms with Crippen molar-refractivity contribution >= 4 is 5.97 Å². The molecule has 5 saturated heterocycles. The molecular weight excluding hydrogens is 801 g/mol. The van der Waals surface area contributed by atoms with Crippen LogP contribution in [-0.2, 0) is 52.2 Å². The van der Waals surface area contributed by atoms with Crippen molar-refractivity contribution in [2.24, 2.45) is 23.7 Å². The van der Waals surface area contributed by atoms with Crippen molar-refractivity contribution in [2.75, 3.05) is 20.8 Å². The first kappa shape index (κ1) is 47.9. The lowest BCUT2D eigenvalue weighted by molar-refractivity contribution is -0.340. The van der Waals surface area contributed by atoms with E-state index in [1.165, 1.54) is 0 Å². The van der Waals surface area contributed by atoms with Crippen LogP contribution in [0, 0.1) is 23.7 Å². The van der Waals surface area contributed by atoms with Gasteiger partial charge < -0.3 is 62.7 Å². The average molecular weight is 875 g/mol. The van der Waals surface area contributed by atoms with E-state index in [-0.39, 0.29) is 30.8 Å². The molecule has 0 radical (unpaired) electrons. The van der Waals surface area contributed by atoms with Gasteiger partial charge in [-0.15, -0.1) is 0 Å². The summed E-state index contributed by atoms with van der Waals surface area (Å²) in [6.07, 6.45) is 6.53. The summed E-state index contributed by atoms with van der Waals surface area (Å²) in [6.45, 7) is 16.3. The highest BCUT2D eigenvalue weighted by molar-refractivity contribution is 5.78. The van der Waals surface area contributed by atoms with E-state index in [4.69, 9.17) is 47.4 Å². The number of rotatable bonds is 8. The minimum absolute atomic E-state index is 0.00708. The van der Waals surface area contributed by atoms with Crippen molar-refractivity contribution < 1.29 is 67.5 Å². The zero-order valence-corrected chi connectivity index (χ0v) is 38.5. The number of carbonyl (C=O) groups excluding carboxylic acids is 1. The zero-order valence-electron chi connectivity index (χ0n) is 38.5. The maximum atomic E-state index is 14.4. The molecule has 7 rings (SSSR count). The van der Waals surface area contributed by atoms with Crippen molar-refractivity contribution in [1.29, 1.82) is 0 Å². The molecule has 6 aliphatic heterocycles. The second kappa shape index (κ2) is 19.8. The topological polar surface area (TPSA) is 170 Å². The van der Waals surface area contributed by atoms with Crippen LogP contribution < -0.4 is 0 Å². The molecule has 350 valence electrons. The first-order chi connectivity index (χ1) is 29.5. The number of aliphatic hydroxyl groups is 3. The van der Waals surface area contributed by atoms with E-state index in [1.54, 1.807) is 40.2 Å². The quantitative estimate of drug-likeness (QED) is 0.204. The van der Waals surface area contributed by atoms with Gasteiger partial charge in [-0.3, -0.25) is 4.79 Å². The molecule has 3 N–H and O–H groups in total. The van der Waals surface area contributed by atoms with Crippen LogP contribution in [0.3, 0.4) is 0 Å². The van der Waals surface area contributed by atoms with Gasteiger partial charge in [0.25, 0.3) is 0 Å². The van der Waals surface area contributed by atoms with Crippen molar-refractivity contribution in [2.45, 2.75) is 204 Å². The molecule has 1 unspecified atom stereocenters. The molecule has 6 heterocycles.